The van der Waals surface area contributed by atoms with Crippen LogP contribution in [0, 0.1) is 0 Å². The van der Waals surface area contributed by atoms with Crippen molar-refractivity contribution in [1.82, 2.24) is 14.5 Å². The van der Waals surface area contributed by atoms with Gasteiger partial charge < -0.3 is 5.11 Å². The Labute approximate surface area is 87.7 Å². The molecule has 14 heavy (non-hydrogen) atoms. The third-order valence-corrected chi connectivity index (χ3v) is 3.10. The Kier molecular flexibility index (Phi) is 2.80. The minimum absolute atomic E-state index is 0.526. The number of aromatic nitrogens is 2. The molecule has 5 heteroatoms. The second kappa shape index (κ2) is 3.92. The van der Waals surface area contributed by atoms with Crippen LogP contribution in [0.25, 0.3) is 0 Å². The quantitative estimate of drug-likeness (QED) is 0.792. The van der Waals surface area contributed by atoms with Crippen LogP contribution in [-0.4, -0.2) is 38.3 Å². The summed E-state index contributed by atoms with van der Waals surface area (Å²) >= 11 is 1.38. The predicted octanol–water partition coefficient (Wildman–Crippen LogP) is 0.885. The highest BCUT2D eigenvalue weighted by atomic mass is 32.1. The highest BCUT2D eigenvalue weighted by Crippen LogP contribution is 2.21. The molecule has 1 aromatic heterocycles. The molecule has 1 unspecified atom stereocenters. The van der Waals surface area contributed by atoms with Crippen LogP contribution in [0.15, 0.2) is 5.38 Å². The van der Waals surface area contributed by atoms with Gasteiger partial charge in [-0.05, 0) is 37.8 Å². The number of hydrogen-bond acceptors (Lipinski definition) is 5. The average molecular weight is 213 g/mol. The number of nitrogens with zero attached hydrogens (tertiary/aromatic N) is 3. The van der Waals surface area contributed by atoms with Crippen molar-refractivity contribution in [3.05, 3.63) is 11.1 Å². The standard InChI is InChI=1S/C9H15N3OS/c1-9(13)3-2-4-12(7-9)5-8-6-14-11-10-8/h6,13H,2-5,7H2,1H3. The van der Waals surface area contributed by atoms with Crippen LogP contribution >= 0.6 is 11.5 Å². The average Bonchev–Trinajstić information content (AvgIpc) is 2.54. The van der Waals surface area contributed by atoms with E-state index < -0.39 is 5.60 Å². The van der Waals surface area contributed by atoms with Gasteiger partial charge in [-0.15, -0.1) is 5.10 Å². The summed E-state index contributed by atoms with van der Waals surface area (Å²) in [6, 6.07) is 0. The zero-order valence-electron chi connectivity index (χ0n) is 8.31. The number of rotatable bonds is 2. The third kappa shape index (κ3) is 2.50. The van der Waals surface area contributed by atoms with Gasteiger partial charge >= 0.3 is 0 Å². The molecular formula is C9H15N3OS. The Hall–Kier alpha value is -0.520. The summed E-state index contributed by atoms with van der Waals surface area (Å²) in [4.78, 5) is 2.24. The second-order valence-corrected chi connectivity index (χ2v) is 4.82. The van der Waals surface area contributed by atoms with E-state index >= 15 is 0 Å². The first-order chi connectivity index (χ1) is 6.66. The summed E-state index contributed by atoms with van der Waals surface area (Å²) in [5, 5.41) is 15.9. The van der Waals surface area contributed by atoms with Gasteiger partial charge in [0.2, 0.25) is 0 Å². The molecule has 0 aromatic carbocycles. The largest absolute Gasteiger partial charge is 0.389 e. The van der Waals surface area contributed by atoms with E-state index in [2.05, 4.69) is 14.5 Å². The molecule has 1 fully saturated rings. The van der Waals surface area contributed by atoms with E-state index in [-0.39, 0.29) is 0 Å². The molecule has 1 N–H and O–H groups in total. The fraction of sp³-hybridized carbons (Fsp3) is 0.778. The molecule has 4 nitrogen and oxygen atoms in total. The van der Waals surface area contributed by atoms with E-state index in [9.17, 15) is 5.11 Å². The van der Waals surface area contributed by atoms with Gasteiger partial charge in [0.05, 0.1) is 11.3 Å². The molecule has 0 amide bonds. The summed E-state index contributed by atoms with van der Waals surface area (Å²) in [5.41, 5.74) is 0.481. The van der Waals surface area contributed by atoms with E-state index in [1.807, 2.05) is 12.3 Å². The van der Waals surface area contributed by atoms with Crippen LogP contribution in [0.2, 0.25) is 0 Å². The van der Waals surface area contributed by atoms with Crippen molar-refractivity contribution in [2.24, 2.45) is 0 Å². The molecule has 1 aliphatic rings. The van der Waals surface area contributed by atoms with Crippen molar-refractivity contribution in [1.29, 1.82) is 0 Å². The second-order valence-electron chi connectivity index (χ2n) is 4.21. The molecule has 1 atom stereocenters. The Morgan fingerprint density at radius 1 is 1.71 bits per heavy atom. The molecule has 1 saturated heterocycles. The number of piperidine rings is 1. The van der Waals surface area contributed by atoms with Crippen LogP contribution in [0.4, 0.5) is 0 Å². The number of β-amino-alcohol motifs (C(OH)–C–C–N with tert-alkyl or cyclic N) is 1. The first-order valence-corrected chi connectivity index (χ1v) is 5.70. The maximum atomic E-state index is 9.90. The van der Waals surface area contributed by atoms with Crippen LogP contribution in [-0.2, 0) is 6.54 Å². The van der Waals surface area contributed by atoms with Gasteiger partial charge in [-0.2, -0.15) is 0 Å². The van der Waals surface area contributed by atoms with Gasteiger partial charge in [-0.25, -0.2) is 0 Å². The third-order valence-electron chi connectivity index (χ3n) is 2.54. The lowest BCUT2D eigenvalue weighted by atomic mass is 9.95. The van der Waals surface area contributed by atoms with Crippen molar-refractivity contribution >= 4 is 11.5 Å². The minimum atomic E-state index is -0.526. The van der Waals surface area contributed by atoms with E-state index in [1.54, 1.807) is 0 Å². The lowest BCUT2D eigenvalue weighted by Gasteiger charge is -2.36. The van der Waals surface area contributed by atoms with Gasteiger partial charge in [-0.1, -0.05) is 4.49 Å². The molecule has 0 aliphatic carbocycles. The van der Waals surface area contributed by atoms with Gasteiger partial charge in [0, 0.05) is 18.5 Å². The Balaban J connectivity index is 1.92. The summed E-state index contributed by atoms with van der Waals surface area (Å²) in [7, 11) is 0. The van der Waals surface area contributed by atoms with E-state index in [4.69, 9.17) is 0 Å². The molecule has 1 aromatic rings. The van der Waals surface area contributed by atoms with Crippen LogP contribution in [0.5, 0.6) is 0 Å². The molecule has 78 valence electrons. The smallest absolute Gasteiger partial charge is 0.0895 e. The lowest BCUT2D eigenvalue weighted by Crippen LogP contribution is -2.45. The lowest BCUT2D eigenvalue weighted by molar-refractivity contribution is -0.0184. The number of aliphatic hydroxyl groups is 1. The molecule has 0 bridgehead atoms. The first kappa shape index (κ1) is 10.0. The summed E-state index contributed by atoms with van der Waals surface area (Å²) in [6.45, 7) is 4.50. The molecule has 2 heterocycles. The fourth-order valence-corrected chi connectivity index (χ4v) is 2.38. The highest BCUT2D eigenvalue weighted by molar-refractivity contribution is 7.03. The zero-order chi connectivity index (χ0) is 10.0. The van der Waals surface area contributed by atoms with Crippen molar-refractivity contribution in [2.45, 2.75) is 31.9 Å². The normalized spacial score (nSPS) is 29.3. The Morgan fingerprint density at radius 2 is 2.57 bits per heavy atom. The van der Waals surface area contributed by atoms with Crippen LogP contribution in [0.3, 0.4) is 0 Å². The predicted molar refractivity (Wildman–Crippen MR) is 55.0 cm³/mol. The molecular weight excluding hydrogens is 198 g/mol. The molecule has 0 radical (unpaired) electrons. The Morgan fingerprint density at radius 3 is 3.21 bits per heavy atom. The fourth-order valence-electron chi connectivity index (χ4n) is 1.94. The maximum Gasteiger partial charge on any atom is 0.0895 e. The molecule has 0 spiro atoms. The van der Waals surface area contributed by atoms with Crippen molar-refractivity contribution < 1.29 is 5.11 Å². The SMILES string of the molecule is CC1(O)CCCN(Cc2csnn2)C1. The van der Waals surface area contributed by atoms with E-state index in [0.717, 1.165) is 38.2 Å². The molecule has 2 rings (SSSR count). The van der Waals surface area contributed by atoms with Crippen molar-refractivity contribution in [3.8, 4) is 0 Å². The van der Waals surface area contributed by atoms with E-state index in [1.165, 1.54) is 11.5 Å². The van der Waals surface area contributed by atoms with Crippen molar-refractivity contribution in [3.63, 3.8) is 0 Å². The summed E-state index contributed by atoms with van der Waals surface area (Å²) < 4.78 is 3.83. The van der Waals surface area contributed by atoms with Crippen LogP contribution in [0.1, 0.15) is 25.5 Å². The topological polar surface area (TPSA) is 49.2 Å². The van der Waals surface area contributed by atoms with Crippen molar-refractivity contribution in [2.75, 3.05) is 13.1 Å². The van der Waals surface area contributed by atoms with Gasteiger partial charge in [0.1, 0.15) is 0 Å². The summed E-state index contributed by atoms with van der Waals surface area (Å²) in [6.07, 6.45) is 1.96. The minimum Gasteiger partial charge on any atom is -0.389 e. The maximum absolute atomic E-state index is 9.90. The zero-order valence-corrected chi connectivity index (χ0v) is 9.13. The van der Waals surface area contributed by atoms with E-state index in [0.29, 0.717) is 0 Å². The molecule has 0 saturated carbocycles. The first-order valence-electron chi connectivity index (χ1n) is 4.86. The molecule has 1 aliphatic heterocycles. The highest BCUT2D eigenvalue weighted by Gasteiger charge is 2.28. The summed E-state index contributed by atoms with van der Waals surface area (Å²) in [5.74, 6) is 0. The van der Waals surface area contributed by atoms with Gasteiger partial charge in [-0.3, -0.25) is 4.90 Å². The van der Waals surface area contributed by atoms with Crippen LogP contribution < -0.4 is 0 Å². The monoisotopic (exact) mass is 213 g/mol. The number of likely N-dealkylation sites (tertiary alicyclic amines) is 1. The number of hydrogen-bond donors (Lipinski definition) is 1. The van der Waals surface area contributed by atoms with Gasteiger partial charge in [0.15, 0.2) is 0 Å². The Bertz CT molecular complexity index is 286. The van der Waals surface area contributed by atoms with Gasteiger partial charge in [0.25, 0.3) is 0 Å².